The number of morpholine rings is 1. The van der Waals surface area contributed by atoms with Crippen LogP contribution in [0.4, 0.5) is 0 Å². The molecule has 4 heteroatoms. The Kier molecular flexibility index (Phi) is 3.57. The Morgan fingerprint density at radius 2 is 2.33 bits per heavy atom. The molecule has 0 spiro atoms. The Hall–Kier alpha value is -0.610. The predicted octanol–water partition coefficient (Wildman–Crippen LogP) is 2.24. The van der Waals surface area contributed by atoms with E-state index in [0.29, 0.717) is 11.1 Å². The first-order valence-corrected chi connectivity index (χ1v) is 6.91. The number of aliphatic hydroxyl groups excluding tert-OH is 1. The van der Waals surface area contributed by atoms with E-state index in [1.54, 1.807) is 0 Å². The van der Waals surface area contributed by atoms with Crippen molar-refractivity contribution in [3.63, 3.8) is 0 Å². The zero-order valence-corrected chi connectivity index (χ0v) is 11.0. The van der Waals surface area contributed by atoms with Crippen LogP contribution in [0.2, 0.25) is 5.02 Å². The van der Waals surface area contributed by atoms with Gasteiger partial charge in [0.1, 0.15) is 12.2 Å². The molecule has 1 aromatic carbocycles. The van der Waals surface area contributed by atoms with E-state index in [9.17, 15) is 5.11 Å². The van der Waals surface area contributed by atoms with Crippen molar-refractivity contribution >= 4 is 11.6 Å². The fourth-order valence-electron chi connectivity index (χ4n) is 2.94. The second-order valence-corrected chi connectivity index (χ2v) is 5.60. The minimum atomic E-state index is -0.592. The molecule has 0 saturated carbocycles. The Morgan fingerprint density at radius 1 is 1.44 bits per heavy atom. The molecule has 0 radical (unpaired) electrons. The van der Waals surface area contributed by atoms with Crippen LogP contribution in [-0.2, 0) is 4.74 Å². The zero-order chi connectivity index (χ0) is 12.5. The molecule has 2 fully saturated rings. The van der Waals surface area contributed by atoms with E-state index in [0.717, 1.165) is 25.3 Å². The summed E-state index contributed by atoms with van der Waals surface area (Å²) < 4.78 is 5.81. The van der Waals surface area contributed by atoms with Crippen LogP contribution >= 0.6 is 11.6 Å². The SMILES string of the molecule is OC(c1cccc(Cl)c1)C1CN2CCCC2CO1. The van der Waals surface area contributed by atoms with E-state index >= 15 is 0 Å². The molecule has 2 aliphatic rings. The first kappa shape index (κ1) is 12.4. The Morgan fingerprint density at radius 3 is 3.17 bits per heavy atom. The summed E-state index contributed by atoms with van der Waals surface area (Å²) >= 11 is 5.95. The first-order chi connectivity index (χ1) is 8.74. The third kappa shape index (κ3) is 2.41. The summed E-state index contributed by atoms with van der Waals surface area (Å²) in [5.41, 5.74) is 0.838. The minimum absolute atomic E-state index is 0.141. The number of fused-ring (bicyclic) bond motifs is 1. The van der Waals surface area contributed by atoms with Gasteiger partial charge in [-0.2, -0.15) is 0 Å². The molecule has 2 saturated heterocycles. The van der Waals surface area contributed by atoms with Crippen molar-refractivity contribution in [2.24, 2.45) is 0 Å². The number of rotatable bonds is 2. The van der Waals surface area contributed by atoms with Crippen molar-refractivity contribution in [2.75, 3.05) is 19.7 Å². The van der Waals surface area contributed by atoms with E-state index in [-0.39, 0.29) is 6.10 Å². The Bertz CT molecular complexity index is 426. The Labute approximate surface area is 112 Å². The highest BCUT2D eigenvalue weighted by Gasteiger charge is 2.35. The van der Waals surface area contributed by atoms with E-state index in [2.05, 4.69) is 4.90 Å². The van der Waals surface area contributed by atoms with Gasteiger partial charge >= 0.3 is 0 Å². The number of nitrogens with zero attached hydrogens (tertiary/aromatic N) is 1. The van der Waals surface area contributed by atoms with Gasteiger partial charge < -0.3 is 9.84 Å². The lowest BCUT2D eigenvalue weighted by atomic mass is 10.0. The van der Waals surface area contributed by atoms with Gasteiger partial charge in [0.2, 0.25) is 0 Å². The van der Waals surface area contributed by atoms with Gasteiger partial charge in [-0.15, -0.1) is 0 Å². The largest absolute Gasteiger partial charge is 0.386 e. The fraction of sp³-hybridized carbons (Fsp3) is 0.571. The standard InChI is InChI=1S/C14H18ClNO2/c15-11-4-1-3-10(7-11)14(17)13-8-16-6-2-5-12(16)9-18-13/h1,3-4,7,12-14,17H,2,5-6,8-9H2. The lowest BCUT2D eigenvalue weighted by Gasteiger charge is -2.37. The van der Waals surface area contributed by atoms with Gasteiger partial charge in [0.15, 0.2) is 0 Å². The molecule has 1 aromatic rings. The molecule has 98 valence electrons. The van der Waals surface area contributed by atoms with Gasteiger partial charge in [-0.3, -0.25) is 4.90 Å². The van der Waals surface area contributed by atoms with E-state index < -0.39 is 6.10 Å². The van der Waals surface area contributed by atoms with Gasteiger partial charge in [-0.05, 0) is 37.1 Å². The summed E-state index contributed by atoms with van der Waals surface area (Å²) in [6, 6.07) is 7.95. The highest BCUT2D eigenvalue weighted by molar-refractivity contribution is 6.30. The van der Waals surface area contributed by atoms with Gasteiger partial charge in [-0.1, -0.05) is 23.7 Å². The number of aliphatic hydroxyl groups is 1. The molecule has 3 atom stereocenters. The smallest absolute Gasteiger partial charge is 0.106 e. The lowest BCUT2D eigenvalue weighted by Crippen LogP contribution is -2.48. The topological polar surface area (TPSA) is 32.7 Å². The molecule has 3 rings (SSSR count). The fourth-order valence-corrected chi connectivity index (χ4v) is 3.14. The molecule has 18 heavy (non-hydrogen) atoms. The van der Waals surface area contributed by atoms with Crippen molar-refractivity contribution in [3.8, 4) is 0 Å². The third-order valence-corrected chi connectivity index (χ3v) is 4.19. The van der Waals surface area contributed by atoms with Crippen LogP contribution in [-0.4, -0.2) is 41.8 Å². The lowest BCUT2D eigenvalue weighted by molar-refractivity contribution is -0.103. The van der Waals surface area contributed by atoms with Gasteiger partial charge in [0.25, 0.3) is 0 Å². The molecule has 0 aliphatic carbocycles. The van der Waals surface area contributed by atoms with Crippen LogP contribution in [0.25, 0.3) is 0 Å². The van der Waals surface area contributed by atoms with Crippen LogP contribution in [0.1, 0.15) is 24.5 Å². The monoisotopic (exact) mass is 267 g/mol. The van der Waals surface area contributed by atoms with Gasteiger partial charge in [-0.25, -0.2) is 0 Å². The van der Waals surface area contributed by atoms with Crippen LogP contribution in [0.15, 0.2) is 24.3 Å². The number of hydrogen-bond donors (Lipinski definition) is 1. The molecule has 3 unspecified atom stereocenters. The van der Waals surface area contributed by atoms with Crippen LogP contribution in [0, 0.1) is 0 Å². The molecule has 0 aromatic heterocycles. The maximum Gasteiger partial charge on any atom is 0.106 e. The van der Waals surface area contributed by atoms with Crippen molar-refractivity contribution in [2.45, 2.75) is 31.1 Å². The van der Waals surface area contributed by atoms with Gasteiger partial charge in [0.05, 0.1) is 6.61 Å². The minimum Gasteiger partial charge on any atom is -0.386 e. The average molecular weight is 268 g/mol. The number of ether oxygens (including phenoxy) is 1. The summed E-state index contributed by atoms with van der Waals surface area (Å²) in [6.07, 6.45) is 1.73. The normalized spacial score (nSPS) is 30.1. The van der Waals surface area contributed by atoms with E-state index in [4.69, 9.17) is 16.3 Å². The molecular weight excluding hydrogens is 250 g/mol. The van der Waals surface area contributed by atoms with Crippen LogP contribution < -0.4 is 0 Å². The van der Waals surface area contributed by atoms with Crippen molar-refractivity contribution in [1.82, 2.24) is 4.90 Å². The van der Waals surface area contributed by atoms with E-state index in [1.165, 1.54) is 12.8 Å². The molecule has 0 amide bonds. The van der Waals surface area contributed by atoms with Crippen LogP contribution in [0.5, 0.6) is 0 Å². The Balaban J connectivity index is 1.71. The van der Waals surface area contributed by atoms with Crippen molar-refractivity contribution < 1.29 is 9.84 Å². The molecular formula is C14H18ClNO2. The zero-order valence-electron chi connectivity index (χ0n) is 10.3. The highest BCUT2D eigenvalue weighted by Crippen LogP contribution is 2.29. The number of benzene rings is 1. The maximum atomic E-state index is 10.4. The second-order valence-electron chi connectivity index (χ2n) is 5.16. The van der Waals surface area contributed by atoms with Crippen molar-refractivity contribution in [3.05, 3.63) is 34.9 Å². The molecule has 2 aliphatic heterocycles. The quantitative estimate of drug-likeness (QED) is 0.892. The van der Waals surface area contributed by atoms with Crippen molar-refractivity contribution in [1.29, 1.82) is 0 Å². The van der Waals surface area contributed by atoms with Crippen LogP contribution in [0.3, 0.4) is 0 Å². The van der Waals surface area contributed by atoms with Gasteiger partial charge in [0, 0.05) is 17.6 Å². The summed E-state index contributed by atoms with van der Waals surface area (Å²) in [6.45, 7) is 2.69. The average Bonchev–Trinajstić information content (AvgIpc) is 2.85. The summed E-state index contributed by atoms with van der Waals surface area (Å²) in [5, 5.41) is 11.0. The first-order valence-electron chi connectivity index (χ1n) is 6.53. The molecule has 2 heterocycles. The number of hydrogen-bond acceptors (Lipinski definition) is 3. The molecule has 3 nitrogen and oxygen atoms in total. The third-order valence-electron chi connectivity index (χ3n) is 3.96. The highest BCUT2D eigenvalue weighted by atomic mass is 35.5. The maximum absolute atomic E-state index is 10.4. The van der Waals surface area contributed by atoms with E-state index in [1.807, 2.05) is 24.3 Å². The predicted molar refractivity (Wildman–Crippen MR) is 70.7 cm³/mol. The summed E-state index contributed by atoms with van der Waals surface area (Å²) in [7, 11) is 0. The second kappa shape index (κ2) is 5.17. The summed E-state index contributed by atoms with van der Waals surface area (Å²) in [5.74, 6) is 0. The summed E-state index contributed by atoms with van der Waals surface area (Å²) in [4.78, 5) is 2.43. The molecule has 1 N–H and O–H groups in total. The number of halogens is 1. The molecule has 0 bridgehead atoms.